The Morgan fingerprint density at radius 3 is 2.13 bits per heavy atom. The normalized spacial score (nSPS) is 13.9. The zero-order valence-corrected chi connectivity index (χ0v) is 10.7. The Kier molecular flexibility index (Phi) is 7.92. The van der Waals surface area contributed by atoms with E-state index in [-0.39, 0.29) is 0 Å². The Bertz CT molecular complexity index is 254. The molecule has 0 saturated carbocycles. The quantitative estimate of drug-likeness (QED) is 0.767. The Hall–Kier alpha value is -0.890. The van der Waals surface area contributed by atoms with E-state index in [4.69, 9.17) is 0 Å². The lowest BCUT2D eigenvalue weighted by Gasteiger charge is -2.26. The summed E-state index contributed by atoms with van der Waals surface area (Å²) in [5.41, 5.74) is 2.36. The number of pyridine rings is 1. The fourth-order valence-corrected chi connectivity index (χ4v) is 1.29. The van der Waals surface area contributed by atoms with Crippen molar-refractivity contribution in [3.8, 4) is 0 Å². The van der Waals surface area contributed by atoms with Crippen molar-refractivity contribution in [3.63, 3.8) is 0 Å². The van der Waals surface area contributed by atoms with Crippen LogP contribution in [-0.4, -0.2) is 18.1 Å². The van der Waals surface area contributed by atoms with E-state index in [0.717, 1.165) is 18.8 Å². The molecular formula is C13H24N2. The second kappa shape index (κ2) is 8.42. The second-order valence-electron chi connectivity index (χ2n) is 3.06. The predicted octanol–water partition coefficient (Wildman–Crippen LogP) is 3.13. The number of aryl methyl sites for hydroxylation is 1. The van der Waals surface area contributed by atoms with Crippen LogP contribution in [0.1, 0.15) is 45.0 Å². The molecule has 0 radical (unpaired) electrons. The van der Waals surface area contributed by atoms with Gasteiger partial charge in [0.1, 0.15) is 0 Å². The Morgan fingerprint density at radius 2 is 1.73 bits per heavy atom. The maximum absolute atomic E-state index is 4.46. The van der Waals surface area contributed by atoms with Gasteiger partial charge in [-0.25, -0.2) is 0 Å². The second-order valence-corrected chi connectivity index (χ2v) is 3.06. The van der Waals surface area contributed by atoms with Crippen molar-refractivity contribution in [2.75, 3.05) is 13.1 Å². The summed E-state index contributed by atoms with van der Waals surface area (Å²) in [5.74, 6) is 0.662. The van der Waals surface area contributed by atoms with Crippen LogP contribution in [0, 0.1) is 6.92 Å². The molecule has 1 aliphatic heterocycles. The minimum atomic E-state index is 0.662. The Balaban J connectivity index is 0.000000442. The van der Waals surface area contributed by atoms with Gasteiger partial charge in [-0.3, -0.25) is 4.98 Å². The van der Waals surface area contributed by atoms with Crippen LogP contribution in [-0.2, 0) is 0 Å². The SMILES string of the molecule is CC.CC.Cc1cccc(C2CNC2)n1. The molecule has 2 heteroatoms. The number of nitrogens with one attached hydrogen (secondary N) is 1. The summed E-state index contributed by atoms with van der Waals surface area (Å²) >= 11 is 0. The van der Waals surface area contributed by atoms with Crippen molar-refractivity contribution in [1.29, 1.82) is 0 Å². The molecule has 2 nitrogen and oxygen atoms in total. The molecule has 0 aromatic carbocycles. The summed E-state index contributed by atoms with van der Waals surface area (Å²) in [6, 6.07) is 6.23. The van der Waals surface area contributed by atoms with Crippen molar-refractivity contribution >= 4 is 0 Å². The molecule has 1 N–H and O–H groups in total. The standard InChI is InChI=1S/C9H12N2.2C2H6/c1-7-3-2-4-9(11-7)8-5-10-6-8;2*1-2/h2-4,8,10H,5-6H2,1H3;2*1-2H3. The van der Waals surface area contributed by atoms with Crippen LogP contribution in [0.3, 0.4) is 0 Å². The molecule has 2 heterocycles. The third kappa shape index (κ3) is 4.43. The number of aromatic nitrogens is 1. The molecule has 0 spiro atoms. The van der Waals surface area contributed by atoms with Crippen LogP contribution in [0.25, 0.3) is 0 Å². The van der Waals surface area contributed by atoms with E-state index < -0.39 is 0 Å². The van der Waals surface area contributed by atoms with E-state index in [9.17, 15) is 0 Å². The Morgan fingerprint density at radius 1 is 1.13 bits per heavy atom. The maximum atomic E-state index is 4.46. The lowest BCUT2D eigenvalue weighted by Crippen LogP contribution is -2.40. The van der Waals surface area contributed by atoms with Crippen LogP contribution in [0.5, 0.6) is 0 Å². The van der Waals surface area contributed by atoms with Gasteiger partial charge in [-0.15, -0.1) is 0 Å². The molecule has 1 saturated heterocycles. The first-order chi connectivity index (χ1) is 7.36. The summed E-state index contributed by atoms with van der Waals surface area (Å²) < 4.78 is 0. The molecule has 1 aromatic rings. The minimum absolute atomic E-state index is 0.662. The lowest BCUT2D eigenvalue weighted by molar-refractivity contribution is 0.439. The van der Waals surface area contributed by atoms with Gasteiger partial charge in [0.25, 0.3) is 0 Å². The van der Waals surface area contributed by atoms with Gasteiger partial charge in [0, 0.05) is 30.4 Å². The van der Waals surface area contributed by atoms with E-state index in [1.165, 1.54) is 5.69 Å². The molecule has 1 aliphatic rings. The molecule has 15 heavy (non-hydrogen) atoms. The van der Waals surface area contributed by atoms with Gasteiger partial charge in [-0.05, 0) is 19.1 Å². The minimum Gasteiger partial charge on any atom is -0.315 e. The first kappa shape index (κ1) is 14.1. The van der Waals surface area contributed by atoms with Gasteiger partial charge in [0.05, 0.1) is 0 Å². The summed E-state index contributed by atoms with van der Waals surface area (Å²) in [7, 11) is 0. The molecule has 1 aromatic heterocycles. The lowest BCUT2D eigenvalue weighted by atomic mass is 9.99. The van der Waals surface area contributed by atoms with Gasteiger partial charge in [0.15, 0.2) is 0 Å². The van der Waals surface area contributed by atoms with Gasteiger partial charge in [-0.1, -0.05) is 33.8 Å². The summed E-state index contributed by atoms with van der Waals surface area (Å²) in [6.07, 6.45) is 0. The molecule has 0 amide bonds. The number of hydrogen-bond donors (Lipinski definition) is 1. The zero-order valence-electron chi connectivity index (χ0n) is 10.7. The summed E-state index contributed by atoms with van der Waals surface area (Å²) in [5, 5.41) is 3.24. The number of nitrogens with zero attached hydrogens (tertiary/aromatic N) is 1. The number of rotatable bonds is 1. The highest BCUT2D eigenvalue weighted by Gasteiger charge is 2.19. The van der Waals surface area contributed by atoms with E-state index in [1.807, 2.05) is 40.7 Å². The summed E-state index contributed by atoms with van der Waals surface area (Å²) in [4.78, 5) is 4.46. The van der Waals surface area contributed by atoms with Crippen molar-refractivity contribution in [2.24, 2.45) is 0 Å². The van der Waals surface area contributed by atoms with Gasteiger partial charge in [-0.2, -0.15) is 0 Å². The molecule has 0 atom stereocenters. The van der Waals surface area contributed by atoms with Gasteiger partial charge >= 0.3 is 0 Å². The predicted molar refractivity (Wildman–Crippen MR) is 67.3 cm³/mol. The average molecular weight is 208 g/mol. The van der Waals surface area contributed by atoms with Crippen LogP contribution < -0.4 is 5.32 Å². The maximum Gasteiger partial charge on any atom is 0.0463 e. The van der Waals surface area contributed by atoms with Crippen LogP contribution in [0.15, 0.2) is 18.2 Å². The monoisotopic (exact) mass is 208 g/mol. The first-order valence-electron chi connectivity index (χ1n) is 6.00. The summed E-state index contributed by atoms with van der Waals surface area (Å²) in [6.45, 7) is 12.2. The molecular weight excluding hydrogens is 184 g/mol. The van der Waals surface area contributed by atoms with Crippen LogP contribution >= 0.6 is 0 Å². The molecule has 1 fully saturated rings. The van der Waals surface area contributed by atoms with Crippen LogP contribution in [0.4, 0.5) is 0 Å². The van der Waals surface area contributed by atoms with Gasteiger partial charge < -0.3 is 5.32 Å². The molecule has 86 valence electrons. The molecule has 0 unspecified atom stereocenters. The topological polar surface area (TPSA) is 24.9 Å². The van der Waals surface area contributed by atoms with Crippen molar-refractivity contribution in [1.82, 2.24) is 10.3 Å². The van der Waals surface area contributed by atoms with E-state index in [2.05, 4.69) is 22.4 Å². The fourth-order valence-electron chi connectivity index (χ4n) is 1.29. The highest BCUT2D eigenvalue weighted by atomic mass is 15.0. The highest BCUT2D eigenvalue weighted by molar-refractivity contribution is 5.16. The smallest absolute Gasteiger partial charge is 0.0463 e. The first-order valence-corrected chi connectivity index (χ1v) is 6.00. The van der Waals surface area contributed by atoms with Crippen molar-refractivity contribution < 1.29 is 0 Å². The average Bonchev–Trinajstić information content (AvgIpc) is 2.21. The van der Waals surface area contributed by atoms with Crippen LogP contribution in [0.2, 0.25) is 0 Å². The third-order valence-corrected chi connectivity index (χ3v) is 2.11. The van der Waals surface area contributed by atoms with E-state index in [1.54, 1.807) is 0 Å². The van der Waals surface area contributed by atoms with E-state index in [0.29, 0.717) is 5.92 Å². The fraction of sp³-hybridized carbons (Fsp3) is 0.615. The van der Waals surface area contributed by atoms with Gasteiger partial charge in [0.2, 0.25) is 0 Å². The molecule has 2 rings (SSSR count). The molecule has 0 aliphatic carbocycles. The largest absolute Gasteiger partial charge is 0.315 e. The molecule has 0 bridgehead atoms. The highest BCUT2D eigenvalue weighted by Crippen LogP contribution is 2.16. The zero-order chi connectivity index (χ0) is 11.7. The Labute approximate surface area is 94.1 Å². The van der Waals surface area contributed by atoms with Crippen molar-refractivity contribution in [3.05, 3.63) is 29.6 Å². The van der Waals surface area contributed by atoms with E-state index >= 15 is 0 Å². The third-order valence-electron chi connectivity index (χ3n) is 2.11. The van der Waals surface area contributed by atoms with Crippen molar-refractivity contribution in [2.45, 2.75) is 40.5 Å². The number of hydrogen-bond acceptors (Lipinski definition) is 2.